The molecular weight excluding hydrogens is 288 g/mol. The minimum Gasteiger partial charge on any atom is -0.371 e. The molecule has 0 saturated carbocycles. The van der Waals surface area contributed by atoms with Crippen molar-refractivity contribution in [1.82, 2.24) is 10.6 Å². The van der Waals surface area contributed by atoms with Crippen LogP contribution in [0.4, 0.5) is 0 Å². The van der Waals surface area contributed by atoms with Crippen LogP contribution < -0.4 is 10.6 Å². The largest absolute Gasteiger partial charge is 0.371 e. The summed E-state index contributed by atoms with van der Waals surface area (Å²) in [4.78, 5) is 12.1. The fourth-order valence-corrected chi connectivity index (χ4v) is 2.53. The summed E-state index contributed by atoms with van der Waals surface area (Å²) in [6.07, 6.45) is 0.806. The average molecular weight is 311 g/mol. The van der Waals surface area contributed by atoms with Gasteiger partial charge < -0.3 is 15.4 Å². The SMILES string of the molecule is CC(C)(C)OC1CN[C@H](C(=O)NCc2ccc(Cl)cc2)C1. The molecule has 1 aliphatic heterocycles. The first kappa shape index (κ1) is 16.3. The van der Waals surface area contributed by atoms with Crippen molar-refractivity contribution < 1.29 is 9.53 Å². The third-order valence-electron chi connectivity index (χ3n) is 3.31. The lowest BCUT2D eigenvalue weighted by atomic mass is 10.1. The predicted molar refractivity (Wildman–Crippen MR) is 84.3 cm³/mol. The number of ether oxygens (including phenoxy) is 1. The Morgan fingerprint density at radius 3 is 2.67 bits per heavy atom. The molecule has 0 spiro atoms. The zero-order valence-corrected chi connectivity index (χ0v) is 13.5. The Morgan fingerprint density at radius 1 is 1.38 bits per heavy atom. The van der Waals surface area contributed by atoms with Gasteiger partial charge in [0, 0.05) is 18.1 Å². The first-order valence-corrected chi connectivity index (χ1v) is 7.65. The third-order valence-corrected chi connectivity index (χ3v) is 3.56. The number of benzene rings is 1. The van der Waals surface area contributed by atoms with Gasteiger partial charge in [0.25, 0.3) is 0 Å². The van der Waals surface area contributed by atoms with Gasteiger partial charge in [-0.05, 0) is 44.9 Å². The standard InChI is InChI=1S/C16H23ClN2O2/c1-16(2,3)21-13-8-14(18-10-13)15(20)19-9-11-4-6-12(17)7-5-11/h4-7,13-14,18H,8-10H2,1-3H3,(H,19,20)/t13?,14-/m0/s1. The summed E-state index contributed by atoms with van der Waals surface area (Å²) in [6, 6.07) is 7.30. The van der Waals surface area contributed by atoms with E-state index < -0.39 is 0 Å². The van der Waals surface area contributed by atoms with Crippen molar-refractivity contribution in [2.45, 2.75) is 51.5 Å². The normalized spacial score (nSPS) is 22.3. The number of rotatable bonds is 4. The monoisotopic (exact) mass is 310 g/mol. The van der Waals surface area contributed by atoms with Gasteiger partial charge in [0.1, 0.15) is 0 Å². The van der Waals surface area contributed by atoms with Crippen LogP contribution in [0.15, 0.2) is 24.3 Å². The van der Waals surface area contributed by atoms with Crippen molar-refractivity contribution in [3.63, 3.8) is 0 Å². The molecule has 2 atom stereocenters. The van der Waals surface area contributed by atoms with E-state index in [1.54, 1.807) is 0 Å². The first-order chi connectivity index (χ1) is 9.83. The summed E-state index contributed by atoms with van der Waals surface area (Å²) in [5, 5.41) is 6.86. The topological polar surface area (TPSA) is 50.4 Å². The number of hydrogen-bond donors (Lipinski definition) is 2. The second-order valence-corrected chi connectivity index (χ2v) is 6.83. The van der Waals surface area contributed by atoms with E-state index in [-0.39, 0.29) is 23.7 Å². The molecular formula is C16H23ClN2O2. The minimum atomic E-state index is -0.180. The highest BCUT2D eigenvalue weighted by molar-refractivity contribution is 6.30. The molecule has 1 saturated heterocycles. The van der Waals surface area contributed by atoms with Crippen LogP contribution in [-0.2, 0) is 16.1 Å². The van der Waals surface area contributed by atoms with Crippen LogP contribution in [0, 0.1) is 0 Å². The van der Waals surface area contributed by atoms with E-state index in [9.17, 15) is 4.79 Å². The molecule has 21 heavy (non-hydrogen) atoms. The Balaban J connectivity index is 1.78. The summed E-state index contributed by atoms with van der Waals surface area (Å²) in [5.74, 6) is 0.0185. The zero-order valence-electron chi connectivity index (χ0n) is 12.8. The molecule has 1 fully saturated rings. The Labute approximate surface area is 131 Å². The number of carbonyl (C=O) groups is 1. The summed E-state index contributed by atoms with van der Waals surface area (Å²) in [5.41, 5.74) is 0.856. The molecule has 2 rings (SSSR count). The second kappa shape index (κ2) is 6.77. The van der Waals surface area contributed by atoms with Gasteiger partial charge in [-0.2, -0.15) is 0 Å². The van der Waals surface area contributed by atoms with Crippen LogP contribution in [0.25, 0.3) is 0 Å². The van der Waals surface area contributed by atoms with Crippen molar-refractivity contribution in [3.05, 3.63) is 34.9 Å². The number of amides is 1. The van der Waals surface area contributed by atoms with Crippen LogP contribution in [0.1, 0.15) is 32.8 Å². The maximum atomic E-state index is 12.1. The lowest BCUT2D eigenvalue weighted by Crippen LogP contribution is -2.40. The maximum Gasteiger partial charge on any atom is 0.237 e. The number of nitrogens with one attached hydrogen (secondary N) is 2. The van der Waals surface area contributed by atoms with Gasteiger partial charge in [-0.15, -0.1) is 0 Å². The number of carbonyl (C=O) groups excluding carboxylic acids is 1. The molecule has 0 radical (unpaired) electrons. The van der Waals surface area contributed by atoms with Crippen molar-refractivity contribution in [1.29, 1.82) is 0 Å². The van der Waals surface area contributed by atoms with E-state index in [4.69, 9.17) is 16.3 Å². The summed E-state index contributed by atoms with van der Waals surface area (Å²) < 4.78 is 5.90. The smallest absolute Gasteiger partial charge is 0.237 e. The summed E-state index contributed by atoms with van der Waals surface area (Å²) >= 11 is 5.84. The van der Waals surface area contributed by atoms with Crippen molar-refractivity contribution in [2.24, 2.45) is 0 Å². The molecule has 1 aromatic carbocycles. The molecule has 5 heteroatoms. The Morgan fingerprint density at radius 2 is 2.05 bits per heavy atom. The molecule has 1 unspecified atom stereocenters. The van der Waals surface area contributed by atoms with E-state index in [2.05, 4.69) is 10.6 Å². The van der Waals surface area contributed by atoms with E-state index in [0.29, 0.717) is 18.0 Å². The number of hydrogen-bond acceptors (Lipinski definition) is 3. The van der Waals surface area contributed by atoms with Crippen LogP contribution in [0.5, 0.6) is 0 Å². The van der Waals surface area contributed by atoms with E-state index in [0.717, 1.165) is 12.1 Å². The first-order valence-electron chi connectivity index (χ1n) is 7.27. The van der Waals surface area contributed by atoms with Gasteiger partial charge >= 0.3 is 0 Å². The summed E-state index contributed by atoms with van der Waals surface area (Å²) in [6.45, 7) is 7.32. The van der Waals surface area contributed by atoms with Crippen LogP contribution in [0.2, 0.25) is 5.02 Å². The fourth-order valence-electron chi connectivity index (χ4n) is 2.41. The molecule has 1 aromatic rings. The summed E-state index contributed by atoms with van der Waals surface area (Å²) in [7, 11) is 0. The van der Waals surface area contributed by atoms with Gasteiger partial charge in [-0.1, -0.05) is 23.7 Å². The Bertz CT molecular complexity index is 482. The van der Waals surface area contributed by atoms with E-state index in [1.165, 1.54) is 0 Å². The quantitative estimate of drug-likeness (QED) is 0.898. The Kier molecular flexibility index (Phi) is 5.25. The van der Waals surface area contributed by atoms with Crippen molar-refractivity contribution in [2.75, 3.05) is 6.54 Å². The van der Waals surface area contributed by atoms with Gasteiger partial charge in [0.15, 0.2) is 0 Å². The van der Waals surface area contributed by atoms with Gasteiger partial charge in [-0.25, -0.2) is 0 Å². The van der Waals surface area contributed by atoms with Crippen molar-refractivity contribution >= 4 is 17.5 Å². The lowest BCUT2D eigenvalue weighted by molar-refractivity contribution is -0.123. The van der Waals surface area contributed by atoms with Crippen LogP contribution >= 0.6 is 11.6 Å². The zero-order chi connectivity index (χ0) is 15.5. The molecule has 1 aliphatic rings. The molecule has 1 heterocycles. The average Bonchev–Trinajstić information content (AvgIpc) is 2.84. The van der Waals surface area contributed by atoms with Crippen molar-refractivity contribution in [3.8, 4) is 0 Å². The highest BCUT2D eigenvalue weighted by Crippen LogP contribution is 2.18. The van der Waals surface area contributed by atoms with Crippen LogP contribution in [0.3, 0.4) is 0 Å². The van der Waals surface area contributed by atoms with E-state index >= 15 is 0 Å². The highest BCUT2D eigenvalue weighted by Gasteiger charge is 2.32. The second-order valence-electron chi connectivity index (χ2n) is 6.39. The molecule has 116 valence electrons. The molecule has 0 bridgehead atoms. The molecule has 0 aliphatic carbocycles. The molecule has 4 nitrogen and oxygen atoms in total. The number of halogens is 1. The third kappa shape index (κ3) is 5.30. The predicted octanol–water partition coefficient (Wildman–Crippen LogP) is 2.50. The molecule has 1 amide bonds. The lowest BCUT2D eigenvalue weighted by Gasteiger charge is -2.24. The fraction of sp³-hybridized carbons (Fsp3) is 0.562. The van der Waals surface area contributed by atoms with Gasteiger partial charge in [-0.3, -0.25) is 4.79 Å². The highest BCUT2D eigenvalue weighted by atomic mass is 35.5. The van der Waals surface area contributed by atoms with Crippen LogP contribution in [-0.4, -0.2) is 30.2 Å². The minimum absolute atomic E-state index is 0.0185. The van der Waals surface area contributed by atoms with Gasteiger partial charge in [0.05, 0.1) is 17.7 Å². The van der Waals surface area contributed by atoms with E-state index in [1.807, 2.05) is 45.0 Å². The molecule has 2 N–H and O–H groups in total. The maximum absolute atomic E-state index is 12.1. The Hall–Kier alpha value is -1.10. The van der Waals surface area contributed by atoms with Gasteiger partial charge in [0.2, 0.25) is 5.91 Å². The molecule has 0 aromatic heterocycles.